The number of sulfonamides is 1. The maximum atomic E-state index is 12.9. The minimum atomic E-state index is -3.67. The van der Waals surface area contributed by atoms with Crippen LogP contribution in [0.15, 0.2) is 44.3 Å². The first kappa shape index (κ1) is 16.7. The zero-order valence-corrected chi connectivity index (χ0v) is 14.3. The van der Waals surface area contributed by atoms with Gasteiger partial charge in [-0.1, -0.05) is 19.1 Å². The Kier molecular flexibility index (Phi) is 4.74. The highest BCUT2D eigenvalue weighted by atomic mass is 32.2. The second-order valence-electron chi connectivity index (χ2n) is 4.96. The van der Waals surface area contributed by atoms with E-state index in [1.807, 2.05) is 6.92 Å². The Morgan fingerprint density at radius 1 is 1.25 bits per heavy atom. The predicted molar refractivity (Wildman–Crippen MR) is 87.4 cm³/mol. The molecule has 0 saturated carbocycles. The van der Waals surface area contributed by atoms with E-state index in [9.17, 15) is 12.8 Å². The van der Waals surface area contributed by atoms with Crippen LogP contribution in [-0.4, -0.2) is 18.6 Å². The molecule has 1 N–H and O–H groups in total. The molecule has 0 amide bonds. The van der Waals surface area contributed by atoms with Crippen molar-refractivity contribution in [1.82, 2.24) is 14.9 Å². The number of aryl methyl sites for hydroxylation is 1. The van der Waals surface area contributed by atoms with Crippen LogP contribution >= 0.6 is 11.3 Å². The lowest BCUT2D eigenvalue weighted by molar-refractivity contribution is 0.513. The quantitative estimate of drug-likeness (QED) is 0.724. The van der Waals surface area contributed by atoms with Crippen molar-refractivity contribution in [2.24, 2.45) is 0 Å². The average Bonchev–Trinajstić information content (AvgIpc) is 3.23. The molecule has 2 aromatic heterocycles. The van der Waals surface area contributed by atoms with Crippen LogP contribution in [0.3, 0.4) is 0 Å². The van der Waals surface area contributed by atoms with Crippen molar-refractivity contribution in [2.45, 2.75) is 24.1 Å². The third-order valence-corrected chi connectivity index (χ3v) is 6.08. The van der Waals surface area contributed by atoms with Crippen molar-refractivity contribution >= 4 is 21.4 Å². The van der Waals surface area contributed by atoms with E-state index in [1.165, 1.54) is 30.3 Å². The zero-order valence-electron chi connectivity index (χ0n) is 12.7. The molecule has 0 radical (unpaired) electrons. The van der Waals surface area contributed by atoms with Crippen LogP contribution in [0.4, 0.5) is 4.39 Å². The molecule has 126 valence electrons. The van der Waals surface area contributed by atoms with Crippen LogP contribution < -0.4 is 4.72 Å². The van der Waals surface area contributed by atoms with Gasteiger partial charge in [-0.05, 0) is 23.8 Å². The van der Waals surface area contributed by atoms with Crippen molar-refractivity contribution in [3.63, 3.8) is 0 Å². The lowest BCUT2D eigenvalue weighted by atomic mass is 10.2. The second-order valence-corrected chi connectivity index (χ2v) is 7.86. The maximum absolute atomic E-state index is 12.9. The predicted octanol–water partition coefficient (Wildman–Crippen LogP) is 2.98. The van der Waals surface area contributed by atoms with Crippen LogP contribution in [0, 0.1) is 5.82 Å². The lowest BCUT2D eigenvalue weighted by Crippen LogP contribution is -2.22. The number of nitrogens with zero attached hydrogens (tertiary/aromatic N) is 2. The van der Waals surface area contributed by atoms with E-state index in [2.05, 4.69) is 14.9 Å². The van der Waals surface area contributed by atoms with Gasteiger partial charge in [0.25, 0.3) is 0 Å². The van der Waals surface area contributed by atoms with E-state index in [1.54, 1.807) is 5.38 Å². The molecule has 0 aliphatic rings. The summed E-state index contributed by atoms with van der Waals surface area (Å²) in [6.45, 7) is 1.97. The van der Waals surface area contributed by atoms with E-state index < -0.39 is 10.0 Å². The first-order valence-corrected chi connectivity index (χ1v) is 9.49. The van der Waals surface area contributed by atoms with Gasteiger partial charge >= 0.3 is 0 Å². The third-order valence-electron chi connectivity index (χ3n) is 3.24. The van der Waals surface area contributed by atoms with Crippen molar-refractivity contribution in [3.8, 4) is 11.5 Å². The normalized spacial score (nSPS) is 11.8. The molecule has 9 heteroatoms. The maximum Gasteiger partial charge on any atom is 0.250 e. The Labute approximate surface area is 142 Å². The van der Waals surface area contributed by atoms with Gasteiger partial charge in [0.2, 0.25) is 21.8 Å². The Morgan fingerprint density at radius 2 is 2.00 bits per heavy atom. The first-order valence-electron chi connectivity index (χ1n) is 7.13. The summed E-state index contributed by atoms with van der Waals surface area (Å²) < 4.78 is 45.6. The summed E-state index contributed by atoms with van der Waals surface area (Å²) in [6.07, 6.45) is 0.613. The Balaban J connectivity index is 1.74. The second kappa shape index (κ2) is 6.80. The summed E-state index contributed by atoms with van der Waals surface area (Å²) in [5.41, 5.74) is 1.23. The molecular formula is C15H14FN3O3S2. The van der Waals surface area contributed by atoms with Gasteiger partial charge in [-0.15, -0.1) is 21.5 Å². The Morgan fingerprint density at radius 3 is 2.67 bits per heavy atom. The Bertz CT molecular complexity index is 933. The Hall–Kier alpha value is -2.10. The largest absolute Gasteiger partial charge is 0.421 e. The smallest absolute Gasteiger partial charge is 0.250 e. The summed E-state index contributed by atoms with van der Waals surface area (Å²) in [7, 11) is -3.67. The SMILES string of the molecule is CCc1nnc(-c2csc(S(=O)(=O)NCc3ccc(F)cc3)c2)o1. The molecule has 0 saturated heterocycles. The minimum absolute atomic E-state index is 0.0797. The highest BCUT2D eigenvalue weighted by molar-refractivity contribution is 7.91. The molecule has 0 aliphatic carbocycles. The van der Waals surface area contributed by atoms with Gasteiger partial charge in [0.05, 0.1) is 5.56 Å². The van der Waals surface area contributed by atoms with Gasteiger partial charge < -0.3 is 4.42 Å². The van der Waals surface area contributed by atoms with Crippen molar-refractivity contribution in [3.05, 3.63) is 53.0 Å². The number of rotatable bonds is 6. The van der Waals surface area contributed by atoms with Gasteiger partial charge in [-0.2, -0.15) is 0 Å². The first-order chi connectivity index (χ1) is 11.5. The molecule has 0 bridgehead atoms. The van der Waals surface area contributed by atoms with Crippen molar-refractivity contribution in [2.75, 3.05) is 0 Å². The summed E-state index contributed by atoms with van der Waals surface area (Å²) in [6, 6.07) is 7.12. The summed E-state index contributed by atoms with van der Waals surface area (Å²) >= 11 is 1.07. The van der Waals surface area contributed by atoms with Gasteiger partial charge in [0.15, 0.2) is 0 Å². The highest BCUT2D eigenvalue weighted by Gasteiger charge is 2.19. The molecule has 0 unspecified atom stereocenters. The number of hydrogen-bond acceptors (Lipinski definition) is 6. The number of hydrogen-bond donors (Lipinski definition) is 1. The number of halogens is 1. The van der Waals surface area contributed by atoms with Crippen LogP contribution in [0.1, 0.15) is 18.4 Å². The molecule has 2 heterocycles. The van der Waals surface area contributed by atoms with Crippen molar-refractivity contribution in [1.29, 1.82) is 0 Å². The summed E-state index contributed by atoms with van der Waals surface area (Å²) in [5.74, 6) is 0.425. The van der Waals surface area contributed by atoms with Crippen LogP contribution in [-0.2, 0) is 23.0 Å². The van der Waals surface area contributed by atoms with E-state index >= 15 is 0 Å². The molecule has 6 nitrogen and oxygen atoms in total. The van der Waals surface area contributed by atoms with E-state index in [-0.39, 0.29) is 16.6 Å². The number of aromatic nitrogens is 2. The van der Waals surface area contributed by atoms with E-state index in [0.717, 1.165) is 11.3 Å². The fourth-order valence-corrected chi connectivity index (χ4v) is 4.15. The molecule has 0 atom stereocenters. The minimum Gasteiger partial charge on any atom is -0.421 e. The molecule has 24 heavy (non-hydrogen) atoms. The van der Waals surface area contributed by atoms with E-state index in [4.69, 9.17) is 4.42 Å². The molecule has 0 fully saturated rings. The standard InChI is InChI=1S/C15H14FN3O3S2/c1-2-13-18-19-15(22-13)11-7-14(23-9-11)24(20,21)17-8-10-3-5-12(16)6-4-10/h3-7,9,17H,2,8H2,1H3. The fourth-order valence-electron chi connectivity index (χ4n) is 1.93. The molecular weight excluding hydrogens is 353 g/mol. The molecule has 1 aromatic carbocycles. The molecule has 0 spiro atoms. The molecule has 3 rings (SSSR count). The summed E-state index contributed by atoms with van der Waals surface area (Å²) in [4.78, 5) is 0. The van der Waals surface area contributed by atoms with Crippen LogP contribution in [0.2, 0.25) is 0 Å². The molecule has 0 aliphatic heterocycles. The van der Waals surface area contributed by atoms with Gasteiger partial charge in [-0.25, -0.2) is 17.5 Å². The summed E-state index contributed by atoms with van der Waals surface area (Å²) in [5, 5.41) is 9.40. The average molecular weight is 367 g/mol. The monoisotopic (exact) mass is 367 g/mol. The molecule has 3 aromatic rings. The zero-order chi connectivity index (χ0) is 17.2. The van der Waals surface area contributed by atoms with Gasteiger partial charge in [-0.3, -0.25) is 0 Å². The lowest BCUT2D eigenvalue weighted by Gasteiger charge is -2.04. The van der Waals surface area contributed by atoms with Crippen LogP contribution in [0.5, 0.6) is 0 Å². The fraction of sp³-hybridized carbons (Fsp3) is 0.200. The van der Waals surface area contributed by atoms with Crippen LogP contribution in [0.25, 0.3) is 11.5 Å². The highest BCUT2D eigenvalue weighted by Crippen LogP contribution is 2.27. The number of nitrogens with one attached hydrogen (secondary N) is 1. The van der Waals surface area contributed by atoms with E-state index in [0.29, 0.717) is 29.3 Å². The van der Waals surface area contributed by atoms with Gasteiger partial charge in [0.1, 0.15) is 10.0 Å². The number of thiophene rings is 1. The van der Waals surface area contributed by atoms with Gasteiger partial charge in [0, 0.05) is 18.3 Å². The topological polar surface area (TPSA) is 85.1 Å². The van der Waals surface area contributed by atoms with Crippen molar-refractivity contribution < 1.29 is 17.2 Å². The third kappa shape index (κ3) is 3.69. The number of benzene rings is 1.